The van der Waals surface area contributed by atoms with Crippen molar-refractivity contribution < 1.29 is 4.79 Å². The van der Waals surface area contributed by atoms with E-state index in [2.05, 4.69) is 22.2 Å². The topological polar surface area (TPSA) is 58.1 Å². The van der Waals surface area contributed by atoms with Crippen LogP contribution in [0.2, 0.25) is 0 Å². The van der Waals surface area contributed by atoms with E-state index in [1.54, 1.807) is 12.4 Å². The molecule has 2 unspecified atom stereocenters. The van der Waals surface area contributed by atoms with Crippen molar-refractivity contribution in [3.63, 3.8) is 0 Å². The average molecular weight is 276 g/mol. The van der Waals surface area contributed by atoms with Gasteiger partial charge in [-0.1, -0.05) is 19.8 Å². The zero-order valence-corrected chi connectivity index (χ0v) is 12.6. The zero-order valence-electron chi connectivity index (χ0n) is 12.6. The van der Waals surface area contributed by atoms with E-state index in [0.29, 0.717) is 23.5 Å². The molecule has 5 heteroatoms. The normalized spacial score (nSPS) is 22.4. The maximum atomic E-state index is 12.5. The molecule has 1 aliphatic rings. The van der Waals surface area contributed by atoms with Gasteiger partial charge in [0.1, 0.15) is 11.5 Å². The minimum Gasteiger partial charge on any atom is -0.369 e. The second-order valence-electron chi connectivity index (χ2n) is 5.66. The lowest BCUT2D eigenvalue weighted by molar-refractivity contribution is 0.0666. The summed E-state index contributed by atoms with van der Waals surface area (Å²) in [4.78, 5) is 22.8. The van der Waals surface area contributed by atoms with E-state index in [1.165, 1.54) is 12.8 Å². The molecule has 1 amide bonds. The fraction of sp³-hybridized carbons (Fsp3) is 0.667. The maximum Gasteiger partial charge on any atom is 0.274 e. The third-order valence-electron chi connectivity index (χ3n) is 3.99. The predicted molar refractivity (Wildman–Crippen MR) is 79.7 cm³/mol. The molecule has 0 radical (unpaired) electrons. The van der Waals surface area contributed by atoms with Crippen LogP contribution in [0.3, 0.4) is 0 Å². The minimum absolute atomic E-state index is 0.0312. The van der Waals surface area contributed by atoms with Crippen molar-refractivity contribution in [3.8, 4) is 0 Å². The number of carbonyl (C=O) groups excluding carboxylic acids is 1. The van der Waals surface area contributed by atoms with Gasteiger partial charge >= 0.3 is 0 Å². The molecule has 0 saturated heterocycles. The Morgan fingerprint density at radius 1 is 1.45 bits per heavy atom. The Balaban J connectivity index is 2.07. The van der Waals surface area contributed by atoms with Gasteiger partial charge in [-0.25, -0.2) is 4.98 Å². The molecular formula is C15H24N4O. The van der Waals surface area contributed by atoms with Gasteiger partial charge in [-0.05, 0) is 25.7 Å². The Hall–Kier alpha value is -1.65. The summed E-state index contributed by atoms with van der Waals surface area (Å²) in [6.07, 6.45) is 7.84. The number of rotatable bonds is 4. The van der Waals surface area contributed by atoms with E-state index >= 15 is 0 Å². The molecule has 0 aliphatic heterocycles. The van der Waals surface area contributed by atoms with E-state index in [4.69, 9.17) is 0 Å². The van der Waals surface area contributed by atoms with Gasteiger partial charge in [-0.3, -0.25) is 9.78 Å². The zero-order chi connectivity index (χ0) is 14.5. The third-order valence-corrected chi connectivity index (χ3v) is 3.99. The molecule has 0 bridgehead atoms. The largest absolute Gasteiger partial charge is 0.369 e. The summed E-state index contributed by atoms with van der Waals surface area (Å²) >= 11 is 0. The highest BCUT2D eigenvalue weighted by molar-refractivity contribution is 5.92. The van der Waals surface area contributed by atoms with E-state index in [-0.39, 0.29) is 5.91 Å². The van der Waals surface area contributed by atoms with Gasteiger partial charge in [-0.15, -0.1) is 0 Å². The van der Waals surface area contributed by atoms with Crippen molar-refractivity contribution in [1.82, 2.24) is 14.9 Å². The molecule has 1 saturated carbocycles. The maximum absolute atomic E-state index is 12.5. The number of anilines is 1. The quantitative estimate of drug-likeness (QED) is 0.918. The third kappa shape index (κ3) is 3.46. The first kappa shape index (κ1) is 14.8. The van der Waals surface area contributed by atoms with Crippen LogP contribution in [0.15, 0.2) is 12.4 Å². The monoisotopic (exact) mass is 276 g/mol. The molecule has 1 aliphatic carbocycles. The van der Waals surface area contributed by atoms with Crippen LogP contribution in [0.4, 0.5) is 5.82 Å². The van der Waals surface area contributed by atoms with Crippen molar-refractivity contribution in [2.24, 2.45) is 5.92 Å². The van der Waals surface area contributed by atoms with Crippen LogP contribution in [0.25, 0.3) is 0 Å². The van der Waals surface area contributed by atoms with Crippen LogP contribution in [0.1, 0.15) is 50.0 Å². The first-order valence-corrected chi connectivity index (χ1v) is 7.45. The highest BCUT2D eigenvalue weighted by Crippen LogP contribution is 2.27. The highest BCUT2D eigenvalue weighted by atomic mass is 16.2. The van der Waals surface area contributed by atoms with Gasteiger partial charge < -0.3 is 10.2 Å². The molecule has 0 spiro atoms. The lowest BCUT2D eigenvalue weighted by Crippen LogP contribution is -2.40. The standard InChI is InChI=1S/C15H24N4O/c1-4-17-14-10-16-9-13(18-14)15(20)19(3)12-7-5-6-11(2)8-12/h9-12H,4-8H2,1-3H3,(H,17,18). The molecule has 1 aromatic rings. The van der Waals surface area contributed by atoms with E-state index in [1.807, 2.05) is 18.9 Å². The van der Waals surface area contributed by atoms with Gasteiger partial charge in [0.15, 0.2) is 0 Å². The Morgan fingerprint density at radius 3 is 2.95 bits per heavy atom. The van der Waals surface area contributed by atoms with E-state index < -0.39 is 0 Å². The number of carbonyl (C=O) groups is 1. The van der Waals surface area contributed by atoms with E-state index in [9.17, 15) is 4.79 Å². The molecule has 0 aromatic carbocycles. The molecule has 1 fully saturated rings. The number of nitrogens with one attached hydrogen (secondary N) is 1. The van der Waals surface area contributed by atoms with Crippen molar-refractivity contribution in [2.45, 2.75) is 45.6 Å². The van der Waals surface area contributed by atoms with Crippen LogP contribution < -0.4 is 5.32 Å². The number of nitrogens with zero attached hydrogens (tertiary/aromatic N) is 3. The Bertz CT molecular complexity index is 463. The summed E-state index contributed by atoms with van der Waals surface area (Å²) in [5.74, 6) is 1.32. The second-order valence-corrected chi connectivity index (χ2v) is 5.66. The van der Waals surface area contributed by atoms with Crippen LogP contribution in [-0.2, 0) is 0 Å². The number of hydrogen-bond acceptors (Lipinski definition) is 4. The number of hydrogen-bond donors (Lipinski definition) is 1. The van der Waals surface area contributed by atoms with Crippen LogP contribution >= 0.6 is 0 Å². The molecule has 20 heavy (non-hydrogen) atoms. The van der Waals surface area contributed by atoms with Crippen LogP contribution in [0.5, 0.6) is 0 Å². The van der Waals surface area contributed by atoms with Gasteiger partial charge in [0, 0.05) is 19.6 Å². The molecule has 110 valence electrons. The number of aromatic nitrogens is 2. The Labute approximate surface area is 120 Å². The smallest absolute Gasteiger partial charge is 0.274 e. The second kappa shape index (κ2) is 6.68. The molecule has 5 nitrogen and oxygen atoms in total. The molecule has 2 atom stereocenters. The average Bonchev–Trinajstić information content (AvgIpc) is 2.46. The summed E-state index contributed by atoms with van der Waals surface area (Å²) in [6.45, 7) is 5.02. The van der Waals surface area contributed by atoms with Gasteiger partial charge in [0.05, 0.1) is 12.4 Å². The fourth-order valence-corrected chi connectivity index (χ4v) is 2.84. The van der Waals surface area contributed by atoms with Crippen molar-refractivity contribution in [2.75, 3.05) is 18.9 Å². The van der Waals surface area contributed by atoms with Gasteiger partial charge in [0.2, 0.25) is 0 Å². The first-order valence-electron chi connectivity index (χ1n) is 7.45. The molecular weight excluding hydrogens is 252 g/mol. The van der Waals surface area contributed by atoms with Crippen molar-refractivity contribution in [1.29, 1.82) is 0 Å². The molecule has 1 heterocycles. The summed E-state index contributed by atoms with van der Waals surface area (Å²) in [7, 11) is 1.88. The number of amides is 1. The van der Waals surface area contributed by atoms with Gasteiger partial charge in [-0.2, -0.15) is 0 Å². The fourth-order valence-electron chi connectivity index (χ4n) is 2.84. The summed E-state index contributed by atoms with van der Waals surface area (Å²) in [6, 6.07) is 0.329. The van der Waals surface area contributed by atoms with E-state index in [0.717, 1.165) is 19.4 Å². The molecule has 1 N–H and O–H groups in total. The SMILES string of the molecule is CCNc1cncc(C(=O)N(C)C2CCCC(C)C2)n1. The first-order chi connectivity index (χ1) is 9.61. The molecule has 2 rings (SSSR count). The van der Waals surface area contributed by atoms with Crippen LogP contribution in [-0.4, -0.2) is 40.4 Å². The Kier molecular flexibility index (Phi) is 4.93. The summed E-state index contributed by atoms with van der Waals surface area (Å²) in [5, 5.41) is 3.08. The lowest BCUT2D eigenvalue weighted by Gasteiger charge is -2.33. The molecule has 1 aromatic heterocycles. The van der Waals surface area contributed by atoms with Crippen LogP contribution in [0, 0.1) is 5.92 Å². The highest BCUT2D eigenvalue weighted by Gasteiger charge is 2.26. The van der Waals surface area contributed by atoms with Crippen molar-refractivity contribution >= 4 is 11.7 Å². The Morgan fingerprint density at radius 2 is 2.25 bits per heavy atom. The lowest BCUT2D eigenvalue weighted by atomic mass is 9.86. The predicted octanol–water partition coefficient (Wildman–Crippen LogP) is 2.56. The summed E-state index contributed by atoms with van der Waals surface area (Å²) < 4.78 is 0. The van der Waals surface area contributed by atoms with Gasteiger partial charge in [0.25, 0.3) is 5.91 Å². The van der Waals surface area contributed by atoms with Crippen molar-refractivity contribution in [3.05, 3.63) is 18.1 Å². The summed E-state index contributed by atoms with van der Waals surface area (Å²) in [5.41, 5.74) is 0.421. The minimum atomic E-state index is -0.0312.